The largest absolute Gasteiger partial charge is 0.352 e. The molecule has 0 spiro atoms. The minimum atomic E-state index is -2.64. The Labute approximate surface area is 174 Å². The number of carbonyl (C=O) groups is 1. The summed E-state index contributed by atoms with van der Waals surface area (Å²) in [5.41, 5.74) is 2.10. The van der Waals surface area contributed by atoms with Crippen LogP contribution in [-0.2, 0) is 11.3 Å². The lowest BCUT2D eigenvalue weighted by atomic mass is 9.94. The Bertz CT molecular complexity index is 997. The molecule has 0 saturated carbocycles. The van der Waals surface area contributed by atoms with Crippen LogP contribution >= 0.6 is 0 Å². The number of para-hydroxylation sites is 2. The van der Waals surface area contributed by atoms with Crippen molar-refractivity contribution in [3.05, 3.63) is 66.0 Å². The Morgan fingerprint density at radius 1 is 1.10 bits per heavy atom. The van der Waals surface area contributed by atoms with Crippen LogP contribution in [0.4, 0.5) is 8.78 Å². The van der Waals surface area contributed by atoms with Crippen LogP contribution in [-0.4, -0.2) is 33.4 Å². The number of hydrogen-bond donors (Lipinski definition) is 1. The van der Waals surface area contributed by atoms with Crippen molar-refractivity contribution in [2.24, 2.45) is 5.92 Å². The first kappa shape index (κ1) is 20.5. The molecule has 4 rings (SSSR count). The second kappa shape index (κ2) is 8.92. The summed E-state index contributed by atoms with van der Waals surface area (Å²) in [5.74, 6) is 0.384. The molecule has 2 heterocycles. The highest BCUT2D eigenvalue weighted by molar-refractivity contribution is 5.78. The zero-order valence-corrected chi connectivity index (χ0v) is 17.0. The molecule has 0 aliphatic carbocycles. The number of benzene rings is 2. The number of alkyl halides is 2. The summed E-state index contributed by atoms with van der Waals surface area (Å²) in [5, 5.41) is 3.01. The van der Waals surface area contributed by atoms with Crippen LogP contribution in [0, 0.1) is 5.92 Å². The number of hydrogen-bond acceptors (Lipinski definition) is 3. The van der Waals surface area contributed by atoms with Gasteiger partial charge in [-0.2, -0.15) is 8.78 Å². The molecule has 1 N–H and O–H groups in total. The van der Waals surface area contributed by atoms with E-state index in [0.717, 1.165) is 10.1 Å². The molecule has 1 amide bonds. The molecule has 7 heteroatoms. The van der Waals surface area contributed by atoms with Gasteiger partial charge >= 0.3 is 6.55 Å². The standard InChI is InChI=1S/C23H26F2N4O/c1-16(21-27-19-9-5-6-10-20(19)29(21)23(24)25)28-13-11-18(12-14-28)22(30)26-15-17-7-3-2-4-8-17/h2-10,16,18,23H,11-15H2,1H3,(H,26,30)/t16-/m1/s1. The molecule has 1 fully saturated rings. The maximum atomic E-state index is 13.8. The van der Waals surface area contributed by atoms with Crippen LogP contribution in [0.5, 0.6) is 0 Å². The number of nitrogens with zero attached hydrogens (tertiary/aromatic N) is 3. The van der Waals surface area contributed by atoms with Gasteiger partial charge in [0.25, 0.3) is 0 Å². The summed E-state index contributed by atoms with van der Waals surface area (Å²) in [6, 6.07) is 16.6. The van der Waals surface area contributed by atoms with E-state index in [-0.39, 0.29) is 17.9 Å². The van der Waals surface area contributed by atoms with E-state index < -0.39 is 6.55 Å². The molecule has 1 atom stereocenters. The van der Waals surface area contributed by atoms with Gasteiger partial charge in [-0.25, -0.2) is 4.98 Å². The molecule has 3 aromatic rings. The first-order valence-electron chi connectivity index (χ1n) is 10.4. The molecule has 1 aliphatic heterocycles. The van der Waals surface area contributed by atoms with Crippen LogP contribution in [0.15, 0.2) is 54.6 Å². The van der Waals surface area contributed by atoms with Crippen LogP contribution in [0.2, 0.25) is 0 Å². The number of imidazole rings is 1. The number of rotatable bonds is 6. The summed E-state index contributed by atoms with van der Waals surface area (Å²) >= 11 is 0. The van der Waals surface area contributed by atoms with Crippen molar-refractivity contribution in [2.75, 3.05) is 13.1 Å². The Balaban J connectivity index is 1.39. The predicted molar refractivity (Wildman–Crippen MR) is 112 cm³/mol. The fraction of sp³-hybridized carbons (Fsp3) is 0.391. The molecule has 5 nitrogen and oxygen atoms in total. The third-order valence-electron chi connectivity index (χ3n) is 5.95. The number of fused-ring (bicyclic) bond motifs is 1. The van der Waals surface area contributed by atoms with E-state index in [0.29, 0.717) is 49.3 Å². The molecule has 1 saturated heterocycles. The first-order valence-corrected chi connectivity index (χ1v) is 10.4. The van der Waals surface area contributed by atoms with E-state index in [1.165, 1.54) is 0 Å². The van der Waals surface area contributed by atoms with Gasteiger partial charge < -0.3 is 5.32 Å². The number of aromatic nitrogens is 2. The van der Waals surface area contributed by atoms with E-state index in [1.807, 2.05) is 37.3 Å². The predicted octanol–water partition coefficient (Wildman–Crippen LogP) is 4.52. The second-order valence-corrected chi connectivity index (χ2v) is 7.80. The molecule has 2 aromatic carbocycles. The third-order valence-corrected chi connectivity index (χ3v) is 5.95. The Kier molecular flexibility index (Phi) is 6.08. The molecular weight excluding hydrogens is 386 g/mol. The summed E-state index contributed by atoms with van der Waals surface area (Å²) in [6.07, 6.45) is 1.42. The van der Waals surface area contributed by atoms with Gasteiger partial charge in [-0.05, 0) is 50.6 Å². The van der Waals surface area contributed by atoms with Crippen LogP contribution in [0.3, 0.4) is 0 Å². The molecule has 158 valence electrons. The van der Waals surface area contributed by atoms with Gasteiger partial charge in [0, 0.05) is 12.5 Å². The van der Waals surface area contributed by atoms with Gasteiger partial charge in [-0.15, -0.1) is 0 Å². The molecule has 1 aromatic heterocycles. The fourth-order valence-electron chi connectivity index (χ4n) is 4.20. The molecule has 0 bridgehead atoms. The number of piperidine rings is 1. The van der Waals surface area contributed by atoms with Crippen molar-refractivity contribution in [3.8, 4) is 0 Å². The number of nitrogens with one attached hydrogen (secondary N) is 1. The Morgan fingerprint density at radius 3 is 2.47 bits per heavy atom. The first-order chi connectivity index (χ1) is 14.5. The lowest BCUT2D eigenvalue weighted by Crippen LogP contribution is -2.41. The smallest absolute Gasteiger partial charge is 0.320 e. The average Bonchev–Trinajstić information content (AvgIpc) is 3.17. The lowest BCUT2D eigenvalue weighted by Gasteiger charge is -2.35. The summed E-state index contributed by atoms with van der Waals surface area (Å²) in [7, 11) is 0. The zero-order valence-electron chi connectivity index (χ0n) is 17.0. The van der Waals surface area contributed by atoms with Crippen molar-refractivity contribution in [1.82, 2.24) is 19.8 Å². The van der Waals surface area contributed by atoms with Crippen LogP contribution < -0.4 is 5.32 Å². The monoisotopic (exact) mass is 412 g/mol. The summed E-state index contributed by atoms with van der Waals surface area (Å²) in [6.45, 7) is 1.15. The zero-order chi connectivity index (χ0) is 21.1. The molecular formula is C23H26F2N4O. The summed E-state index contributed by atoms with van der Waals surface area (Å²) in [4.78, 5) is 19.2. The van der Waals surface area contributed by atoms with E-state index in [4.69, 9.17) is 0 Å². The maximum Gasteiger partial charge on any atom is 0.320 e. The highest BCUT2D eigenvalue weighted by atomic mass is 19.3. The van der Waals surface area contributed by atoms with Gasteiger partial charge in [-0.1, -0.05) is 42.5 Å². The van der Waals surface area contributed by atoms with Crippen molar-refractivity contribution in [1.29, 1.82) is 0 Å². The van der Waals surface area contributed by atoms with Crippen molar-refractivity contribution in [2.45, 2.75) is 38.9 Å². The Morgan fingerprint density at radius 2 is 1.77 bits per heavy atom. The van der Waals surface area contributed by atoms with Crippen molar-refractivity contribution in [3.63, 3.8) is 0 Å². The van der Waals surface area contributed by atoms with Gasteiger partial charge in [0.1, 0.15) is 5.82 Å². The van der Waals surface area contributed by atoms with Gasteiger partial charge in [0.05, 0.1) is 17.1 Å². The van der Waals surface area contributed by atoms with E-state index >= 15 is 0 Å². The molecule has 0 radical (unpaired) electrons. The molecule has 0 unspecified atom stereocenters. The minimum Gasteiger partial charge on any atom is -0.352 e. The quantitative estimate of drug-likeness (QED) is 0.648. The number of halogens is 2. The van der Waals surface area contributed by atoms with Crippen molar-refractivity contribution >= 4 is 16.9 Å². The maximum absolute atomic E-state index is 13.8. The van der Waals surface area contributed by atoms with E-state index in [9.17, 15) is 13.6 Å². The van der Waals surface area contributed by atoms with Crippen LogP contribution in [0.25, 0.3) is 11.0 Å². The Hall–Kier alpha value is -2.80. The van der Waals surface area contributed by atoms with Gasteiger partial charge in [0.2, 0.25) is 5.91 Å². The normalized spacial score (nSPS) is 16.8. The number of amides is 1. The van der Waals surface area contributed by atoms with Crippen LogP contribution in [0.1, 0.15) is 43.7 Å². The number of likely N-dealkylation sites (tertiary alicyclic amines) is 1. The minimum absolute atomic E-state index is 0.0499. The molecule has 30 heavy (non-hydrogen) atoms. The SMILES string of the molecule is C[C@H](c1nc2ccccc2n1C(F)F)N1CCC(C(=O)NCc2ccccc2)CC1. The number of carbonyl (C=O) groups excluding carboxylic acids is 1. The third kappa shape index (κ3) is 4.21. The fourth-order valence-corrected chi connectivity index (χ4v) is 4.20. The van der Waals surface area contributed by atoms with Gasteiger partial charge in [0.15, 0.2) is 0 Å². The summed E-state index contributed by atoms with van der Waals surface area (Å²) < 4.78 is 28.6. The molecule has 1 aliphatic rings. The highest BCUT2D eigenvalue weighted by Gasteiger charge is 2.31. The van der Waals surface area contributed by atoms with E-state index in [2.05, 4.69) is 15.2 Å². The highest BCUT2D eigenvalue weighted by Crippen LogP contribution is 2.31. The van der Waals surface area contributed by atoms with Crippen molar-refractivity contribution < 1.29 is 13.6 Å². The lowest BCUT2D eigenvalue weighted by molar-refractivity contribution is -0.126. The average molecular weight is 412 g/mol. The second-order valence-electron chi connectivity index (χ2n) is 7.80. The van der Waals surface area contributed by atoms with E-state index in [1.54, 1.807) is 24.3 Å². The van der Waals surface area contributed by atoms with Gasteiger partial charge in [-0.3, -0.25) is 14.3 Å². The topological polar surface area (TPSA) is 50.2 Å².